The number of nitrogens with zero attached hydrogens (tertiary/aromatic N) is 5. The molecule has 1 aromatic rings. The lowest BCUT2D eigenvalue weighted by molar-refractivity contribution is -0.140. The molecular formula is C29H29N7O2. The van der Waals surface area contributed by atoms with E-state index in [9.17, 15) is 15.3 Å². The van der Waals surface area contributed by atoms with Crippen LogP contribution in [0.3, 0.4) is 0 Å². The molecule has 192 valence electrons. The number of nitriles is 2. The normalized spacial score (nSPS) is 29.4. The van der Waals surface area contributed by atoms with Gasteiger partial charge in [0.05, 0.1) is 41.6 Å². The van der Waals surface area contributed by atoms with E-state index in [0.717, 1.165) is 11.1 Å². The van der Waals surface area contributed by atoms with Crippen LogP contribution in [0.4, 0.5) is 5.69 Å². The molecule has 0 radical (unpaired) electrons. The molecule has 1 aliphatic carbocycles. The summed E-state index contributed by atoms with van der Waals surface area (Å²) in [6, 6.07) is 12.0. The van der Waals surface area contributed by atoms with E-state index in [0.29, 0.717) is 55.8 Å². The lowest BCUT2D eigenvalue weighted by atomic mass is 9.48. The average molecular weight is 508 g/mol. The highest BCUT2D eigenvalue weighted by Crippen LogP contribution is 2.65. The largest absolute Gasteiger partial charge is 0.455 e. The number of allylic oxidation sites excluding steroid dienone is 1. The molecular weight excluding hydrogens is 478 g/mol. The average Bonchev–Trinajstić information content (AvgIpc) is 3.14. The van der Waals surface area contributed by atoms with Gasteiger partial charge in [0, 0.05) is 24.1 Å². The molecule has 1 aromatic carbocycles. The Kier molecular flexibility index (Phi) is 5.07. The number of hydrogen-bond acceptors (Lipinski definition) is 8. The molecule has 0 bridgehead atoms. The lowest BCUT2D eigenvalue weighted by Gasteiger charge is -2.58. The van der Waals surface area contributed by atoms with Crippen LogP contribution in [-0.4, -0.2) is 68.4 Å². The number of nitrogens with two attached hydrogens (primary N) is 1. The highest BCUT2D eigenvalue weighted by molar-refractivity contribution is 6.12. The Labute approximate surface area is 222 Å². The van der Waals surface area contributed by atoms with Crippen LogP contribution in [0.2, 0.25) is 0 Å². The zero-order valence-corrected chi connectivity index (χ0v) is 21.5. The first-order chi connectivity index (χ1) is 18.2. The maximum atomic E-state index is 14.3. The number of hydrogen-bond donors (Lipinski definition) is 2. The summed E-state index contributed by atoms with van der Waals surface area (Å²) >= 11 is 0. The Morgan fingerprint density at radius 3 is 2.53 bits per heavy atom. The van der Waals surface area contributed by atoms with Crippen molar-refractivity contribution in [1.82, 2.24) is 9.80 Å². The van der Waals surface area contributed by atoms with E-state index in [4.69, 9.17) is 22.3 Å². The third-order valence-electron chi connectivity index (χ3n) is 9.40. The van der Waals surface area contributed by atoms with Gasteiger partial charge in [0.1, 0.15) is 0 Å². The summed E-state index contributed by atoms with van der Waals surface area (Å²) in [5, 5.41) is 30.2. The molecule has 2 fully saturated rings. The Morgan fingerprint density at radius 2 is 1.87 bits per heavy atom. The van der Waals surface area contributed by atoms with Gasteiger partial charge in [-0.1, -0.05) is 24.1 Å². The number of likely N-dealkylation sites (tertiary alicyclic amines) is 1. The summed E-state index contributed by atoms with van der Waals surface area (Å²) in [6.45, 7) is 2.49. The lowest BCUT2D eigenvalue weighted by Crippen LogP contribution is -2.63. The van der Waals surface area contributed by atoms with Crippen molar-refractivity contribution >= 4 is 17.5 Å². The Balaban J connectivity index is 1.68. The second-order valence-corrected chi connectivity index (χ2v) is 11.1. The standard InChI is InChI=1S/C29H29N7O2/c1-4-11-36-21-8-6-5-7-18(21)29(26(36)37)20-15-35(3)14-19-22(20)23(25(33)38-29)24(32)28(16-30,17-31)27(19)9-12-34(2)13-10-27/h1,5-8,20,33H,9-15,32H2,2-3H3/t20-,29-/m1/s1. The predicted molar refractivity (Wildman–Crippen MR) is 140 cm³/mol. The van der Waals surface area contributed by atoms with Crippen LogP contribution >= 0.6 is 0 Å². The number of terminal acetylenes is 1. The number of amides is 1. The molecule has 4 aliphatic heterocycles. The number of ether oxygens (including phenoxy) is 1. The maximum Gasteiger partial charge on any atom is 0.277 e. The molecule has 2 spiro atoms. The van der Waals surface area contributed by atoms with Crippen LogP contribution in [0.25, 0.3) is 0 Å². The molecule has 1 amide bonds. The van der Waals surface area contributed by atoms with Crippen molar-refractivity contribution in [2.45, 2.75) is 18.4 Å². The smallest absolute Gasteiger partial charge is 0.277 e. The van der Waals surface area contributed by atoms with Crippen LogP contribution in [0.15, 0.2) is 46.7 Å². The highest BCUT2D eigenvalue weighted by atomic mass is 16.5. The van der Waals surface area contributed by atoms with E-state index in [2.05, 4.69) is 27.9 Å². The molecule has 0 unspecified atom stereocenters. The number of carbonyl (C=O) groups is 1. The molecule has 5 aliphatic rings. The molecule has 2 atom stereocenters. The second-order valence-electron chi connectivity index (χ2n) is 11.1. The summed E-state index contributed by atoms with van der Waals surface area (Å²) < 4.78 is 6.40. The number of carbonyl (C=O) groups excluding carboxylic acids is 1. The zero-order chi connectivity index (χ0) is 27.0. The van der Waals surface area contributed by atoms with Crippen molar-refractivity contribution in [2.24, 2.45) is 22.5 Å². The van der Waals surface area contributed by atoms with Gasteiger partial charge in [-0.25, -0.2) is 0 Å². The minimum atomic E-state index is -1.64. The Morgan fingerprint density at radius 1 is 1.18 bits per heavy atom. The van der Waals surface area contributed by atoms with Gasteiger partial charge in [-0.3, -0.25) is 15.1 Å². The predicted octanol–water partition coefficient (Wildman–Crippen LogP) is 1.70. The Bertz CT molecular complexity index is 1460. The van der Waals surface area contributed by atoms with Crippen molar-refractivity contribution < 1.29 is 9.53 Å². The van der Waals surface area contributed by atoms with E-state index in [-0.39, 0.29) is 24.0 Å². The van der Waals surface area contributed by atoms with Gasteiger partial charge < -0.3 is 20.3 Å². The number of nitrogens with one attached hydrogen (secondary N) is 1. The van der Waals surface area contributed by atoms with Gasteiger partial charge in [-0.2, -0.15) is 10.5 Å². The maximum absolute atomic E-state index is 14.3. The minimum Gasteiger partial charge on any atom is -0.455 e. The van der Waals surface area contributed by atoms with E-state index in [1.54, 1.807) is 4.90 Å². The number of anilines is 1. The molecule has 3 N–H and O–H groups in total. The van der Waals surface area contributed by atoms with Crippen molar-refractivity contribution in [2.75, 3.05) is 51.7 Å². The molecule has 6 rings (SSSR count). The first kappa shape index (κ1) is 24.2. The highest BCUT2D eigenvalue weighted by Gasteiger charge is 2.69. The van der Waals surface area contributed by atoms with Gasteiger partial charge in [0.15, 0.2) is 5.41 Å². The van der Waals surface area contributed by atoms with Crippen LogP contribution in [0, 0.1) is 57.2 Å². The fourth-order valence-corrected chi connectivity index (χ4v) is 7.61. The number of para-hydroxylation sites is 1. The molecule has 9 heteroatoms. The summed E-state index contributed by atoms with van der Waals surface area (Å²) in [4.78, 5) is 20.2. The summed E-state index contributed by atoms with van der Waals surface area (Å²) in [5.74, 6) is 1.50. The third kappa shape index (κ3) is 2.62. The summed E-state index contributed by atoms with van der Waals surface area (Å²) in [6.07, 6.45) is 6.80. The molecule has 4 heterocycles. The number of piperidine rings is 1. The number of fused-ring (bicyclic) bond motifs is 4. The number of rotatable bonds is 1. The van der Waals surface area contributed by atoms with E-state index in [1.165, 1.54) is 0 Å². The molecule has 38 heavy (non-hydrogen) atoms. The SMILES string of the molecule is C#CCN1C(=O)[C@@]2(OC(=N)C3=C(N)C(C#N)(C#N)C4(CCN(C)CC4)C4=C3[C@H]2CN(C)C4)c2ccccc21. The summed E-state index contributed by atoms with van der Waals surface area (Å²) in [5.41, 5.74) is 6.26. The van der Waals surface area contributed by atoms with Gasteiger partial charge >= 0.3 is 0 Å². The monoisotopic (exact) mass is 507 g/mol. The van der Waals surface area contributed by atoms with E-state index >= 15 is 0 Å². The minimum absolute atomic E-state index is 0.0689. The summed E-state index contributed by atoms with van der Waals surface area (Å²) in [7, 11) is 4.01. The van der Waals surface area contributed by atoms with E-state index < -0.39 is 22.3 Å². The first-order valence-electron chi connectivity index (χ1n) is 12.8. The number of benzene rings is 1. The molecule has 9 nitrogen and oxygen atoms in total. The van der Waals surface area contributed by atoms with Crippen LogP contribution in [0.5, 0.6) is 0 Å². The fourth-order valence-electron chi connectivity index (χ4n) is 7.61. The fraction of sp³-hybridized carbons (Fsp3) is 0.448. The van der Waals surface area contributed by atoms with Crippen LogP contribution < -0.4 is 10.6 Å². The van der Waals surface area contributed by atoms with Gasteiger partial charge in [-0.15, -0.1) is 6.42 Å². The van der Waals surface area contributed by atoms with Crippen LogP contribution in [-0.2, 0) is 15.1 Å². The molecule has 0 aromatic heterocycles. The van der Waals surface area contributed by atoms with Gasteiger partial charge in [0.2, 0.25) is 11.5 Å². The van der Waals surface area contributed by atoms with Gasteiger partial charge in [-0.05, 0) is 57.2 Å². The molecule has 0 saturated carbocycles. The van der Waals surface area contributed by atoms with Crippen molar-refractivity contribution in [1.29, 1.82) is 15.9 Å². The van der Waals surface area contributed by atoms with Crippen molar-refractivity contribution in [3.05, 3.63) is 52.2 Å². The van der Waals surface area contributed by atoms with Crippen LogP contribution in [0.1, 0.15) is 18.4 Å². The van der Waals surface area contributed by atoms with Crippen molar-refractivity contribution in [3.8, 4) is 24.5 Å². The second kappa shape index (κ2) is 7.95. The third-order valence-corrected chi connectivity index (χ3v) is 9.40. The topological polar surface area (TPSA) is 133 Å². The molecule has 2 saturated heterocycles. The number of likely N-dealkylation sites (N-methyl/N-ethyl adjacent to an activating group) is 1. The van der Waals surface area contributed by atoms with Crippen molar-refractivity contribution in [3.63, 3.8) is 0 Å². The quantitative estimate of drug-likeness (QED) is 0.553. The zero-order valence-electron chi connectivity index (χ0n) is 21.5. The first-order valence-corrected chi connectivity index (χ1v) is 12.8. The van der Waals surface area contributed by atoms with Gasteiger partial charge in [0.25, 0.3) is 5.91 Å². The van der Waals surface area contributed by atoms with E-state index in [1.807, 2.05) is 38.4 Å². The Hall–Kier alpha value is -4.10.